The molecule has 0 unspecified atom stereocenters. The first kappa shape index (κ1) is 22.1. The molecule has 3 rings (SSSR count). The number of ether oxygens (including phenoxy) is 2. The van der Waals surface area contributed by atoms with Gasteiger partial charge < -0.3 is 19.8 Å². The molecular formula is C24H26N2O5. The van der Waals surface area contributed by atoms with Crippen molar-refractivity contribution in [3.8, 4) is 5.75 Å². The summed E-state index contributed by atoms with van der Waals surface area (Å²) >= 11 is 0. The minimum atomic E-state index is -0.905. The molecule has 1 aromatic heterocycles. The molecule has 0 radical (unpaired) electrons. The fourth-order valence-corrected chi connectivity index (χ4v) is 3.26. The van der Waals surface area contributed by atoms with Gasteiger partial charge in [-0.2, -0.15) is 0 Å². The number of hydrogen-bond donors (Lipinski definition) is 2. The lowest BCUT2D eigenvalue weighted by molar-refractivity contribution is -0.145. The van der Waals surface area contributed by atoms with Crippen LogP contribution in [0.15, 0.2) is 54.7 Å². The van der Waals surface area contributed by atoms with E-state index in [1.54, 1.807) is 44.3 Å². The minimum absolute atomic E-state index is 0.237. The van der Waals surface area contributed by atoms with E-state index in [0.29, 0.717) is 23.5 Å². The molecule has 0 saturated carbocycles. The standard InChI is InChI=1S/C24H26N2O5/c1-4-30-21-12-8-6-10-17(21)23(28)26-22(15(2)3)24(29)31-14-20(27)18-13-25-19-11-7-5-9-16(18)19/h5-13,15,22,25H,4,14H2,1-3H3,(H,26,28)/t22-/m0/s1. The number of rotatable bonds is 9. The van der Waals surface area contributed by atoms with Crippen molar-refractivity contribution in [3.63, 3.8) is 0 Å². The molecule has 162 valence electrons. The highest BCUT2D eigenvalue weighted by Gasteiger charge is 2.28. The van der Waals surface area contributed by atoms with E-state index in [4.69, 9.17) is 9.47 Å². The fourth-order valence-electron chi connectivity index (χ4n) is 3.26. The SMILES string of the molecule is CCOc1ccccc1C(=O)N[C@H](C(=O)OCC(=O)c1c[nH]c2ccccc12)C(C)C. The first-order chi connectivity index (χ1) is 14.9. The van der Waals surface area contributed by atoms with Crippen molar-refractivity contribution >= 4 is 28.6 Å². The molecule has 7 nitrogen and oxygen atoms in total. The third kappa shape index (κ3) is 5.12. The molecule has 2 N–H and O–H groups in total. The Balaban J connectivity index is 1.67. The van der Waals surface area contributed by atoms with Crippen LogP contribution in [0.2, 0.25) is 0 Å². The maximum atomic E-state index is 12.8. The average Bonchev–Trinajstić information content (AvgIpc) is 3.20. The third-order valence-corrected chi connectivity index (χ3v) is 4.87. The summed E-state index contributed by atoms with van der Waals surface area (Å²) in [6.07, 6.45) is 1.60. The molecule has 2 aromatic carbocycles. The predicted octanol–water partition coefficient (Wildman–Crippen LogP) is 3.75. The summed E-state index contributed by atoms with van der Waals surface area (Å²) in [7, 11) is 0. The van der Waals surface area contributed by atoms with Crippen molar-refractivity contribution in [1.82, 2.24) is 10.3 Å². The highest BCUT2D eigenvalue weighted by molar-refractivity contribution is 6.09. The van der Waals surface area contributed by atoms with E-state index in [1.807, 2.05) is 31.2 Å². The van der Waals surface area contributed by atoms with Gasteiger partial charge in [-0.25, -0.2) is 4.79 Å². The number of aromatic nitrogens is 1. The molecule has 1 atom stereocenters. The van der Waals surface area contributed by atoms with Crippen molar-refractivity contribution in [2.75, 3.05) is 13.2 Å². The predicted molar refractivity (Wildman–Crippen MR) is 117 cm³/mol. The Bertz CT molecular complexity index is 1090. The summed E-state index contributed by atoms with van der Waals surface area (Å²) in [6.45, 7) is 5.42. The van der Waals surface area contributed by atoms with Crippen LogP contribution in [-0.4, -0.2) is 41.9 Å². The molecule has 0 bridgehead atoms. The molecule has 0 saturated heterocycles. The van der Waals surface area contributed by atoms with Gasteiger partial charge in [0.15, 0.2) is 6.61 Å². The zero-order valence-corrected chi connectivity index (χ0v) is 17.8. The summed E-state index contributed by atoms with van der Waals surface area (Å²) < 4.78 is 10.8. The normalized spacial score (nSPS) is 11.9. The van der Waals surface area contributed by atoms with Gasteiger partial charge in [-0.05, 0) is 31.0 Å². The number of ketones is 1. The van der Waals surface area contributed by atoms with E-state index in [2.05, 4.69) is 10.3 Å². The summed E-state index contributed by atoms with van der Waals surface area (Å²) in [5.41, 5.74) is 1.62. The highest BCUT2D eigenvalue weighted by atomic mass is 16.5. The summed E-state index contributed by atoms with van der Waals surface area (Å²) in [6, 6.07) is 13.3. The van der Waals surface area contributed by atoms with Crippen molar-refractivity contribution in [2.45, 2.75) is 26.8 Å². The molecule has 0 aliphatic heterocycles. The molecule has 1 heterocycles. The lowest BCUT2D eigenvalue weighted by Crippen LogP contribution is -2.45. The molecule has 0 aliphatic carbocycles. The van der Waals surface area contributed by atoms with E-state index >= 15 is 0 Å². The number of para-hydroxylation sites is 2. The van der Waals surface area contributed by atoms with E-state index in [-0.39, 0.29) is 11.7 Å². The topological polar surface area (TPSA) is 97.5 Å². The van der Waals surface area contributed by atoms with Gasteiger partial charge in [0.1, 0.15) is 11.8 Å². The van der Waals surface area contributed by atoms with Gasteiger partial charge in [0.25, 0.3) is 5.91 Å². The van der Waals surface area contributed by atoms with Crippen LogP contribution in [0, 0.1) is 5.92 Å². The van der Waals surface area contributed by atoms with Crippen LogP contribution in [0.3, 0.4) is 0 Å². The van der Waals surface area contributed by atoms with Gasteiger partial charge >= 0.3 is 5.97 Å². The number of esters is 1. The number of aromatic amines is 1. The maximum Gasteiger partial charge on any atom is 0.329 e. The van der Waals surface area contributed by atoms with E-state index in [0.717, 1.165) is 10.9 Å². The average molecular weight is 422 g/mol. The van der Waals surface area contributed by atoms with E-state index < -0.39 is 24.5 Å². The molecule has 1 amide bonds. The first-order valence-electron chi connectivity index (χ1n) is 10.2. The van der Waals surface area contributed by atoms with Crippen molar-refractivity contribution < 1.29 is 23.9 Å². The Labute approximate surface area is 180 Å². The Morgan fingerprint density at radius 1 is 1.00 bits per heavy atom. The number of carbonyl (C=O) groups is 3. The number of benzene rings is 2. The minimum Gasteiger partial charge on any atom is -0.493 e. The Morgan fingerprint density at radius 2 is 1.71 bits per heavy atom. The molecule has 31 heavy (non-hydrogen) atoms. The van der Waals surface area contributed by atoms with Gasteiger partial charge in [-0.3, -0.25) is 9.59 Å². The quantitative estimate of drug-likeness (QED) is 0.404. The second-order valence-electron chi connectivity index (χ2n) is 7.40. The second kappa shape index (κ2) is 9.93. The van der Waals surface area contributed by atoms with Crippen LogP contribution in [0.25, 0.3) is 10.9 Å². The largest absolute Gasteiger partial charge is 0.493 e. The smallest absolute Gasteiger partial charge is 0.329 e. The van der Waals surface area contributed by atoms with E-state index in [9.17, 15) is 14.4 Å². The molecule has 0 fully saturated rings. The van der Waals surface area contributed by atoms with Gasteiger partial charge in [0, 0.05) is 22.7 Å². The number of H-pyrrole nitrogens is 1. The highest BCUT2D eigenvalue weighted by Crippen LogP contribution is 2.20. The van der Waals surface area contributed by atoms with Crippen LogP contribution in [0.4, 0.5) is 0 Å². The second-order valence-corrected chi connectivity index (χ2v) is 7.40. The Hall–Kier alpha value is -3.61. The van der Waals surface area contributed by atoms with Crippen LogP contribution in [0.5, 0.6) is 5.75 Å². The zero-order valence-electron chi connectivity index (χ0n) is 17.8. The van der Waals surface area contributed by atoms with Crippen LogP contribution < -0.4 is 10.1 Å². The van der Waals surface area contributed by atoms with Crippen LogP contribution in [-0.2, 0) is 9.53 Å². The van der Waals surface area contributed by atoms with E-state index in [1.165, 1.54) is 0 Å². The van der Waals surface area contributed by atoms with Gasteiger partial charge in [-0.15, -0.1) is 0 Å². The van der Waals surface area contributed by atoms with Crippen molar-refractivity contribution in [2.24, 2.45) is 5.92 Å². The molecule has 7 heteroatoms. The van der Waals surface area contributed by atoms with Crippen LogP contribution in [0.1, 0.15) is 41.5 Å². The summed E-state index contributed by atoms with van der Waals surface area (Å²) in [5, 5.41) is 3.48. The lowest BCUT2D eigenvalue weighted by atomic mass is 10.0. The number of fused-ring (bicyclic) bond motifs is 1. The number of carbonyl (C=O) groups excluding carboxylic acids is 3. The number of Topliss-reactive ketones (excluding diaryl/α,β-unsaturated/α-hetero) is 1. The number of hydrogen-bond acceptors (Lipinski definition) is 5. The fraction of sp³-hybridized carbons (Fsp3) is 0.292. The van der Waals surface area contributed by atoms with Crippen LogP contribution >= 0.6 is 0 Å². The van der Waals surface area contributed by atoms with Gasteiger partial charge in [0.2, 0.25) is 5.78 Å². The van der Waals surface area contributed by atoms with Crippen molar-refractivity contribution in [3.05, 3.63) is 65.9 Å². The maximum absolute atomic E-state index is 12.8. The monoisotopic (exact) mass is 422 g/mol. The summed E-state index contributed by atoms with van der Waals surface area (Å²) in [4.78, 5) is 41.0. The van der Waals surface area contributed by atoms with Crippen molar-refractivity contribution in [1.29, 1.82) is 0 Å². The summed E-state index contributed by atoms with van der Waals surface area (Å²) in [5.74, 6) is -1.22. The van der Waals surface area contributed by atoms with Gasteiger partial charge in [0.05, 0.1) is 12.2 Å². The Morgan fingerprint density at radius 3 is 2.45 bits per heavy atom. The zero-order chi connectivity index (χ0) is 22.4. The Kier molecular flexibility index (Phi) is 7.07. The lowest BCUT2D eigenvalue weighted by Gasteiger charge is -2.21. The molecular weight excluding hydrogens is 396 g/mol. The van der Waals surface area contributed by atoms with Gasteiger partial charge in [-0.1, -0.05) is 44.2 Å². The number of nitrogens with one attached hydrogen (secondary N) is 2. The molecule has 3 aromatic rings. The molecule has 0 aliphatic rings. The number of amides is 1. The third-order valence-electron chi connectivity index (χ3n) is 4.87. The molecule has 0 spiro atoms. The first-order valence-corrected chi connectivity index (χ1v) is 10.2.